The maximum atomic E-state index is 12.4. The molecule has 0 radical (unpaired) electrons. The SMILES string of the molecule is CCCCCc1ccccc1C(=O)CC#Cc1ccccc1. The van der Waals surface area contributed by atoms with Crippen molar-refractivity contribution in [2.75, 3.05) is 0 Å². The molecule has 0 saturated carbocycles. The van der Waals surface area contributed by atoms with E-state index in [2.05, 4.69) is 24.8 Å². The van der Waals surface area contributed by atoms with Crippen molar-refractivity contribution in [1.82, 2.24) is 0 Å². The number of ketones is 1. The molecule has 0 heterocycles. The standard InChI is InChI=1S/C21H22O/c1-2-3-5-14-19-15-8-9-16-20(19)21(22)17-10-13-18-11-6-4-7-12-18/h4,6-9,11-12,15-16H,2-3,5,14,17H2,1H3. The van der Waals surface area contributed by atoms with Gasteiger partial charge in [0.25, 0.3) is 0 Å². The highest BCUT2D eigenvalue weighted by Gasteiger charge is 2.09. The predicted molar refractivity (Wildman–Crippen MR) is 91.9 cm³/mol. The van der Waals surface area contributed by atoms with E-state index in [0.717, 1.165) is 29.5 Å². The molecule has 0 aliphatic carbocycles. The summed E-state index contributed by atoms with van der Waals surface area (Å²) in [5.74, 6) is 6.16. The van der Waals surface area contributed by atoms with Crippen molar-refractivity contribution in [3.8, 4) is 11.8 Å². The highest BCUT2D eigenvalue weighted by molar-refractivity contribution is 5.98. The fraction of sp³-hybridized carbons (Fsp3) is 0.286. The third-order valence-electron chi connectivity index (χ3n) is 3.62. The number of unbranched alkanes of at least 4 members (excludes halogenated alkanes) is 2. The fourth-order valence-electron chi connectivity index (χ4n) is 2.42. The molecule has 2 aromatic rings. The molecule has 1 nitrogen and oxygen atoms in total. The van der Waals surface area contributed by atoms with Gasteiger partial charge in [-0.25, -0.2) is 0 Å². The van der Waals surface area contributed by atoms with Gasteiger partial charge in [-0.3, -0.25) is 4.79 Å². The molecule has 0 atom stereocenters. The summed E-state index contributed by atoms with van der Waals surface area (Å²) in [5.41, 5.74) is 2.94. The summed E-state index contributed by atoms with van der Waals surface area (Å²) in [6.45, 7) is 2.19. The Kier molecular flexibility index (Phi) is 6.45. The Bertz CT molecular complexity index is 659. The van der Waals surface area contributed by atoms with Crippen molar-refractivity contribution in [2.45, 2.75) is 39.0 Å². The zero-order valence-corrected chi connectivity index (χ0v) is 13.1. The Morgan fingerprint density at radius 2 is 1.68 bits per heavy atom. The summed E-state index contributed by atoms with van der Waals surface area (Å²) in [7, 11) is 0. The van der Waals surface area contributed by atoms with E-state index in [1.807, 2.05) is 48.5 Å². The Labute approximate surface area is 133 Å². The Balaban J connectivity index is 2.02. The van der Waals surface area contributed by atoms with Crippen LogP contribution in [0.25, 0.3) is 0 Å². The van der Waals surface area contributed by atoms with E-state index in [1.54, 1.807) is 0 Å². The van der Waals surface area contributed by atoms with Crippen LogP contribution in [0, 0.1) is 11.8 Å². The van der Waals surface area contributed by atoms with Gasteiger partial charge in [-0.1, -0.05) is 74.1 Å². The second kappa shape index (κ2) is 8.85. The molecule has 0 N–H and O–H groups in total. The first-order chi connectivity index (χ1) is 10.8. The largest absolute Gasteiger partial charge is 0.293 e. The molecule has 2 rings (SSSR count). The summed E-state index contributed by atoms with van der Waals surface area (Å²) in [6, 6.07) is 17.7. The average Bonchev–Trinajstić information content (AvgIpc) is 2.56. The second-order valence-electron chi connectivity index (χ2n) is 5.38. The number of rotatable bonds is 6. The lowest BCUT2D eigenvalue weighted by Crippen LogP contribution is -2.03. The quantitative estimate of drug-likeness (QED) is 0.413. The monoisotopic (exact) mass is 290 g/mol. The smallest absolute Gasteiger partial charge is 0.175 e. The van der Waals surface area contributed by atoms with Gasteiger partial charge in [0.2, 0.25) is 0 Å². The first-order valence-electron chi connectivity index (χ1n) is 7.96. The first-order valence-corrected chi connectivity index (χ1v) is 7.96. The Morgan fingerprint density at radius 1 is 0.955 bits per heavy atom. The van der Waals surface area contributed by atoms with Crippen LogP contribution < -0.4 is 0 Å². The van der Waals surface area contributed by atoms with Crippen molar-refractivity contribution >= 4 is 5.78 Å². The molecule has 0 bridgehead atoms. The molecule has 0 saturated heterocycles. The minimum Gasteiger partial charge on any atom is -0.293 e. The van der Waals surface area contributed by atoms with Gasteiger partial charge in [-0.15, -0.1) is 0 Å². The zero-order valence-electron chi connectivity index (χ0n) is 13.1. The number of Topliss-reactive ketones (excluding diaryl/α,β-unsaturated/α-hetero) is 1. The minimum atomic E-state index is 0.121. The lowest BCUT2D eigenvalue weighted by molar-refractivity contribution is 0.0997. The van der Waals surface area contributed by atoms with Crippen LogP contribution in [-0.2, 0) is 6.42 Å². The fourth-order valence-corrected chi connectivity index (χ4v) is 2.42. The third-order valence-corrected chi connectivity index (χ3v) is 3.62. The molecule has 0 amide bonds. The molecular formula is C21H22O. The number of benzene rings is 2. The number of hydrogen-bond donors (Lipinski definition) is 0. The van der Waals surface area contributed by atoms with E-state index >= 15 is 0 Å². The Morgan fingerprint density at radius 3 is 2.45 bits per heavy atom. The predicted octanol–water partition coefficient (Wildman–Crippen LogP) is 5.04. The topological polar surface area (TPSA) is 17.1 Å². The van der Waals surface area contributed by atoms with Gasteiger partial charge in [-0.2, -0.15) is 0 Å². The lowest BCUT2D eigenvalue weighted by atomic mass is 9.97. The summed E-state index contributed by atoms with van der Waals surface area (Å²) in [6.07, 6.45) is 4.78. The number of carbonyl (C=O) groups excluding carboxylic acids is 1. The van der Waals surface area contributed by atoms with Gasteiger partial charge in [0.05, 0.1) is 6.42 Å². The lowest BCUT2D eigenvalue weighted by Gasteiger charge is -2.06. The van der Waals surface area contributed by atoms with E-state index in [9.17, 15) is 4.79 Å². The van der Waals surface area contributed by atoms with Gasteiger partial charge < -0.3 is 0 Å². The van der Waals surface area contributed by atoms with Crippen LogP contribution in [0.3, 0.4) is 0 Å². The Hall–Kier alpha value is -2.33. The normalized spacial score (nSPS) is 9.86. The maximum absolute atomic E-state index is 12.4. The van der Waals surface area contributed by atoms with E-state index in [4.69, 9.17) is 0 Å². The molecule has 0 unspecified atom stereocenters. The minimum absolute atomic E-state index is 0.121. The van der Waals surface area contributed by atoms with E-state index in [1.165, 1.54) is 12.8 Å². The van der Waals surface area contributed by atoms with Crippen molar-refractivity contribution in [3.63, 3.8) is 0 Å². The summed E-state index contributed by atoms with van der Waals surface area (Å²) < 4.78 is 0. The molecule has 22 heavy (non-hydrogen) atoms. The van der Waals surface area contributed by atoms with E-state index in [-0.39, 0.29) is 12.2 Å². The van der Waals surface area contributed by atoms with Crippen molar-refractivity contribution in [2.24, 2.45) is 0 Å². The van der Waals surface area contributed by atoms with Gasteiger partial charge >= 0.3 is 0 Å². The van der Waals surface area contributed by atoms with Crippen LogP contribution in [0.5, 0.6) is 0 Å². The molecule has 112 valence electrons. The van der Waals surface area contributed by atoms with E-state index < -0.39 is 0 Å². The second-order valence-corrected chi connectivity index (χ2v) is 5.38. The van der Waals surface area contributed by atoms with Crippen LogP contribution in [0.1, 0.15) is 54.1 Å². The highest BCUT2D eigenvalue weighted by atomic mass is 16.1. The maximum Gasteiger partial charge on any atom is 0.175 e. The van der Waals surface area contributed by atoms with Crippen LogP contribution in [0.2, 0.25) is 0 Å². The molecule has 0 fully saturated rings. The molecule has 0 aromatic heterocycles. The number of aryl methyl sites for hydroxylation is 1. The molecule has 0 spiro atoms. The summed E-state index contributed by atoms with van der Waals surface area (Å²) in [5, 5.41) is 0. The highest BCUT2D eigenvalue weighted by Crippen LogP contribution is 2.14. The van der Waals surface area contributed by atoms with Gasteiger partial charge in [0, 0.05) is 11.1 Å². The number of hydrogen-bond acceptors (Lipinski definition) is 1. The summed E-state index contributed by atoms with van der Waals surface area (Å²) >= 11 is 0. The zero-order chi connectivity index (χ0) is 15.6. The molecule has 2 aromatic carbocycles. The first kappa shape index (κ1) is 16.0. The van der Waals surface area contributed by atoms with Crippen LogP contribution in [-0.4, -0.2) is 5.78 Å². The van der Waals surface area contributed by atoms with Gasteiger partial charge in [0.15, 0.2) is 5.78 Å². The van der Waals surface area contributed by atoms with Crippen molar-refractivity contribution in [3.05, 3.63) is 71.3 Å². The molecule has 0 aliphatic heterocycles. The van der Waals surface area contributed by atoms with Crippen LogP contribution in [0.4, 0.5) is 0 Å². The van der Waals surface area contributed by atoms with Crippen molar-refractivity contribution in [1.29, 1.82) is 0 Å². The molecular weight excluding hydrogens is 268 g/mol. The molecule has 1 heteroatoms. The van der Waals surface area contributed by atoms with Crippen LogP contribution >= 0.6 is 0 Å². The number of carbonyl (C=O) groups is 1. The van der Waals surface area contributed by atoms with Gasteiger partial charge in [0.1, 0.15) is 0 Å². The van der Waals surface area contributed by atoms with Crippen molar-refractivity contribution < 1.29 is 4.79 Å². The van der Waals surface area contributed by atoms with Gasteiger partial charge in [-0.05, 0) is 30.5 Å². The van der Waals surface area contributed by atoms with E-state index in [0.29, 0.717) is 0 Å². The molecule has 0 aliphatic rings. The third kappa shape index (κ3) is 4.90. The average molecular weight is 290 g/mol. The van der Waals surface area contributed by atoms with Crippen LogP contribution in [0.15, 0.2) is 54.6 Å². The summed E-state index contributed by atoms with van der Waals surface area (Å²) in [4.78, 5) is 12.4.